The summed E-state index contributed by atoms with van der Waals surface area (Å²) in [5.41, 5.74) is 5.92. The second-order valence-corrected chi connectivity index (χ2v) is 4.96. The lowest BCUT2D eigenvalue weighted by Crippen LogP contribution is -2.14. The van der Waals surface area contributed by atoms with Crippen LogP contribution in [0.4, 0.5) is 17.3 Å². The summed E-state index contributed by atoms with van der Waals surface area (Å²) in [7, 11) is 0. The van der Waals surface area contributed by atoms with Crippen LogP contribution in [0.2, 0.25) is 0 Å². The molecule has 0 amide bonds. The van der Waals surface area contributed by atoms with Crippen LogP contribution in [-0.4, -0.2) is 9.97 Å². The highest BCUT2D eigenvalue weighted by atomic mass is 15.3. The van der Waals surface area contributed by atoms with Gasteiger partial charge in [-0.15, -0.1) is 0 Å². The number of aryl methyl sites for hydroxylation is 1. The van der Waals surface area contributed by atoms with Gasteiger partial charge in [-0.25, -0.2) is 15.8 Å². The van der Waals surface area contributed by atoms with Crippen molar-refractivity contribution in [3.8, 4) is 0 Å². The summed E-state index contributed by atoms with van der Waals surface area (Å²) in [5.74, 6) is 7.24. The smallest absolute Gasteiger partial charge is 0.148 e. The van der Waals surface area contributed by atoms with Crippen LogP contribution in [0, 0.1) is 0 Å². The van der Waals surface area contributed by atoms with Gasteiger partial charge in [0.15, 0.2) is 0 Å². The van der Waals surface area contributed by atoms with Crippen molar-refractivity contribution in [1.82, 2.24) is 9.97 Å². The number of nitrogens with zero attached hydrogens (tertiary/aromatic N) is 2. The lowest BCUT2D eigenvalue weighted by molar-refractivity contribution is 0.850. The quantitative estimate of drug-likeness (QED) is 0.575. The second kappa shape index (κ2) is 6.34. The number of hydrogen-bond acceptors (Lipinski definition) is 5. The van der Waals surface area contributed by atoms with Gasteiger partial charge in [0.25, 0.3) is 0 Å². The summed E-state index contributed by atoms with van der Waals surface area (Å²) in [6.07, 6.45) is 2.51. The third-order valence-electron chi connectivity index (χ3n) is 3.20. The molecule has 0 unspecified atom stereocenters. The Morgan fingerprint density at radius 2 is 1.95 bits per heavy atom. The predicted octanol–water partition coefficient (Wildman–Crippen LogP) is 3.19. The van der Waals surface area contributed by atoms with Gasteiger partial charge in [0.05, 0.1) is 0 Å². The van der Waals surface area contributed by atoms with Crippen molar-refractivity contribution in [2.75, 3.05) is 10.7 Å². The fourth-order valence-electron chi connectivity index (χ4n) is 2.16. The highest BCUT2D eigenvalue weighted by molar-refractivity contribution is 5.65. The van der Waals surface area contributed by atoms with Gasteiger partial charge in [0, 0.05) is 11.3 Å². The van der Waals surface area contributed by atoms with Crippen molar-refractivity contribution < 1.29 is 0 Å². The van der Waals surface area contributed by atoms with Crippen LogP contribution in [0.25, 0.3) is 0 Å². The van der Waals surface area contributed by atoms with E-state index in [-0.39, 0.29) is 5.92 Å². The third-order valence-corrected chi connectivity index (χ3v) is 3.20. The first-order valence-electron chi connectivity index (χ1n) is 6.83. The lowest BCUT2D eigenvalue weighted by Gasteiger charge is -2.16. The zero-order valence-electron chi connectivity index (χ0n) is 12.1. The van der Waals surface area contributed by atoms with Gasteiger partial charge >= 0.3 is 0 Å². The number of aromatic nitrogens is 2. The maximum atomic E-state index is 5.53. The number of nitrogens with one attached hydrogen (secondary N) is 2. The highest BCUT2D eigenvalue weighted by Gasteiger charge is 2.14. The Morgan fingerprint density at radius 3 is 2.60 bits per heavy atom. The first-order valence-corrected chi connectivity index (χ1v) is 6.83. The van der Waals surface area contributed by atoms with Gasteiger partial charge in [-0.1, -0.05) is 32.9 Å². The molecule has 0 bridgehead atoms. The van der Waals surface area contributed by atoms with E-state index in [0.29, 0.717) is 5.82 Å². The topological polar surface area (TPSA) is 75.9 Å². The molecular weight excluding hydrogens is 250 g/mol. The Balaban J connectivity index is 2.37. The molecule has 1 heterocycles. The molecule has 2 rings (SSSR count). The Bertz CT molecular complexity index is 580. The summed E-state index contributed by atoms with van der Waals surface area (Å²) in [4.78, 5) is 8.51. The number of hydrogen-bond donors (Lipinski definition) is 3. The molecule has 0 spiro atoms. The minimum absolute atomic E-state index is 0.263. The maximum absolute atomic E-state index is 5.53. The van der Waals surface area contributed by atoms with Crippen molar-refractivity contribution in [1.29, 1.82) is 0 Å². The predicted molar refractivity (Wildman–Crippen MR) is 83.0 cm³/mol. The van der Waals surface area contributed by atoms with Crippen LogP contribution in [0.1, 0.15) is 37.8 Å². The van der Waals surface area contributed by atoms with Crippen LogP contribution in [-0.2, 0) is 6.42 Å². The van der Waals surface area contributed by atoms with Crippen molar-refractivity contribution in [2.24, 2.45) is 5.84 Å². The molecule has 5 heteroatoms. The Hall–Kier alpha value is -2.14. The van der Waals surface area contributed by atoms with Crippen molar-refractivity contribution in [3.05, 3.63) is 41.7 Å². The number of nitrogens with two attached hydrogens (primary N) is 1. The van der Waals surface area contributed by atoms with Crippen molar-refractivity contribution in [2.45, 2.75) is 33.1 Å². The van der Waals surface area contributed by atoms with Gasteiger partial charge < -0.3 is 10.7 Å². The first kappa shape index (κ1) is 14.3. The molecule has 0 saturated carbocycles. The monoisotopic (exact) mass is 271 g/mol. The minimum atomic E-state index is 0.263. The van der Waals surface area contributed by atoms with Gasteiger partial charge in [-0.3, -0.25) is 0 Å². The van der Waals surface area contributed by atoms with E-state index < -0.39 is 0 Å². The molecule has 0 fully saturated rings. The molecule has 0 saturated heterocycles. The molecule has 1 aromatic carbocycles. The summed E-state index contributed by atoms with van der Waals surface area (Å²) < 4.78 is 0. The van der Waals surface area contributed by atoms with E-state index in [1.807, 2.05) is 12.1 Å². The largest absolute Gasteiger partial charge is 0.340 e. The Morgan fingerprint density at radius 1 is 1.20 bits per heavy atom. The number of hydrazine groups is 1. The molecule has 2 aromatic rings. The maximum Gasteiger partial charge on any atom is 0.148 e. The van der Waals surface area contributed by atoms with Crippen LogP contribution < -0.4 is 16.6 Å². The molecule has 0 atom stereocenters. The van der Waals surface area contributed by atoms with Crippen LogP contribution in [0.15, 0.2) is 30.6 Å². The molecule has 1 aromatic heterocycles. The highest BCUT2D eigenvalue weighted by Crippen LogP contribution is 2.29. The average molecular weight is 271 g/mol. The molecule has 0 aliphatic heterocycles. The fourth-order valence-corrected chi connectivity index (χ4v) is 2.16. The molecule has 0 aliphatic rings. The molecule has 4 N–H and O–H groups in total. The van der Waals surface area contributed by atoms with E-state index in [1.165, 1.54) is 11.9 Å². The zero-order chi connectivity index (χ0) is 14.5. The Labute approximate surface area is 119 Å². The van der Waals surface area contributed by atoms with Crippen LogP contribution in [0.5, 0.6) is 0 Å². The van der Waals surface area contributed by atoms with E-state index in [4.69, 9.17) is 5.84 Å². The lowest BCUT2D eigenvalue weighted by atomic mass is 10.0. The molecular formula is C15H21N5. The Kier molecular flexibility index (Phi) is 4.53. The SMILES string of the molecule is CCc1cccc(Nc2ncnc(NN)c2C(C)C)c1. The average Bonchev–Trinajstić information content (AvgIpc) is 2.46. The van der Waals surface area contributed by atoms with Gasteiger partial charge in [-0.05, 0) is 30.0 Å². The summed E-state index contributed by atoms with van der Waals surface area (Å²) >= 11 is 0. The minimum Gasteiger partial charge on any atom is -0.340 e. The number of nitrogen functional groups attached to an aromatic ring is 1. The van der Waals surface area contributed by atoms with E-state index in [1.54, 1.807) is 0 Å². The number of rotatable bonds is 5. The van der Waals surface area contributed by atoms with E-state index >= 15 is 0 Å². The van der Waals surface area contributed by atoms with E-state index in [9.17, 15) is 0 Å². The van der Waals surface area contributed by atoms with Gasteiger partial charge in [0.2, 0.25) is 0 Å². The van der Waals surface area contributed by atoms with Gasteiger partial charge in [-0.2, -0.15) is 0 Å². The normalized spacial score (nSPS) is 10.7. The van der Waals surface area contributed by atoms with Crippen LogP contribution >= 0.6 is 0 Å². The summed E-state index contributed by atoms with van der Waals surface area (Å²) in [6, 6.07) is 8.31. The molecule has 20 heavy (non-hydrogen) atoms. The summed E-state index contributed by atoms with van der Waals surface area (Å²) in [6.45, 7) is 6.32. The first-order chi connectivity index (χ1) is 9.65. The third kappa shape index (κ3) is 3.05. The molecule has 0 radical (unpaired) electrons. The number of anilines is 3. The number of benzene rings is 1. The van der Waals surface area contributed by atoms with Crippen molar-refractivity contribution >= 4 is 17.3 Å². The van der Waals surface area contributed by atoms with Crippen LogP contribution in [0.3, 0.4) is 0 Å². The molecule has 106 valence electrons. The van der Waals surface area contributed by atoms with Crippen molar-refractivity contribution in [3.63, 3.8) is 0 Å². The second-order valence-electron chi connectivity index (χ2n) is 4.96. The standard InChI is InChI=1S/C15H21N5/c1-4-11-6-5-7-12(8-11)19-14-13(10(2)3)15(20-16)18-9-17-14/h5-10H,4,16H2,1-3H3,(H2,17,18,19,20). The molecule has 0 aliphatic carbocycles. The van der Waals surface area contributed by atoms with E-state index in [0.717, 1.165) is 23.5 Å². The summed E-state index contributed by atoms with van der Waals surface area (Å²) in [5, 5.41) is 3.36. The fraction of sp³-hybridized carbons (Fsp3) is 0.333. The zero-order valence-corrected chi connectivity index (χ0v) is 12.1. The van der Waals surface area contributed by atoms with E-state index in [2.05, 4.69) is 53.6 Å². The van der Waals surface area contributed by atoms with Gasteiger partial charge in [0.1, 0.15) is 18.0 Å². The molecule has 5 nitrogen and oxygen atoms in total.